The van der Waals surface area contributed by atoms with Gasteiger partial charge in [-0.1, -0.05) is 0 Å². The van der Waals surface area contributed by atoms with Gasteiger partial charge in [-0.15, -0.1) is 0 Å². The fourth-order valence-electron chi connectivity index (χ4n) is 1.12. The topological polar surface area (TPSA) is 21.1 Å². The lowest BCUT2D eigenvalue weighted by Gasteiger charge is -2.11. The van der Waals surface area contributed by atoms with Crippen LogP contribution in [-0.2, 0) is 6.67 Å². The highest BCUT2D eigenvalue weighted by molar-refractivity contribution is 4.99. The summed E-state index contributed by atoms with van der Waals surface area (Å²) < 4.78 is 2.13. The molecule has 0 radical (unpaired) electrons. The molecule has 0 fully saturated rings. The van der Waals surface area contributed by atoms with E-state index in [0.717, 1.165) is 18.2 Å². The molecule has 1 heterocycles. The molecule has 0 aliphatic heterocycles. The molecule has 62 valence electrons. The van der Waals surface area contributed by atoms with Gasteiger partial charge in [-0.05, 0) is 27.9 Å². The lowest BCUT2D eigenvalue weighted by atomic mass is 10.6. The van der Waals surface area contributed by atoms with Gasteiger partial charge in [0, 0.05) is 6.20 Å². The summed E-state index contributed by atoms with van der Waals surface area (Å²) in [6, 6.07) is 0. The molecule has 1 aromatic heterocycles. The number of imidazole rings is 1. The van der Waals surface area contributed by atoms with Gasteiger partial charge >= 0.3 is 0 Å². The van der Waals surface area contributed by atoms with Crippen molar-refractivity contribution in [2.75, 3.05) is 14.1 Å². The summed E-state index contributed by atoms with van der Waals surface area (Å²) in [7, 11) is 4.10. The molecule has 0 amide bonds. The van der Waals surface area contributed by atoms with E-state index < -0.39 is 0 Å². The average Bonchev–Trinajstić information content (AvgIpc) is 2.09. The Bertz CT molecular complexity index is 237. The van der Waals surface area contributed by atoms with Crippen molar-refractivity contribution >= 4 is 0 Å². The maximum absolute atomic E-state index is 4.30. The largest absolute Gasteiger partial charge is 0.321 e. The molecule has 11 heavy (non-hydrogen) atoms. The van der Waals surface area contributed by atoms with Gasteiger partial charge in [0.25, 0.3) is 0 Å². The molecule has 0 bridgehead atoms. The van der Waals surface area contributed by atoms with E-state index in [1.807, 2.05) is 13.8 Å². The number of aryl methyl sites for hydroxylation is 2. The van der Waals surface area contributed by atoms with Crippen LogP contribution in [0.3, 0.4) is 0 Å². The summed E-state index contributed by atoms with van der Waals surface area (Å²) in [5.41, 5.74) is 1.09. The van der Waals surface area contributed by atoms with Gasteiger partial charge in [-0.25, -0.2) is 4.98 Å². The van der Waals surface area contributed by atoms with Crippen LogP contribution in [0.1, 0.15) is 11.5 Å². The van der Waals surface area contributed by atoms with Crippen molar-refractivity contribution in [2.45, 2.75) is 20.5 Å². The predicted molar refractivity (Wildman–Crippen MR) is 45.4 cm³/mol. The molecule has 0 aliphatic carbocycles. The van der Waals surface area contributed by atoms with Gasteiger partial charge in [-0.2, -0.15) is 0 Å². The van der Waals surface area contributed by atoms with E-state index in [2.05, 4.69) is 34.7 Å². The van der Waals surface area contributed by atoms with Crippen molar-refractivity contribution in [2.24, 2.45) is 0 Å². The summed E-state index contributed by atoms with van der Waals surface area (Å²) in [5, 5.41) is 0. The van der Waals surface area contributed by atoms with E-state index >= 15 is 0 Å². The van der Waals surface area contributed by atoms with E-state index in [1.165, 1.54) is 0 Å². The molecule has 1 aromatic rings. The van der Waals surface area contributed by atoms with Crippen LogP contribution >= 0.6 is 0 Å². The van der Waals surface area contributed by atoms with Crippen molar-refractivity contribution in [1.29, 1.82) is 0 Å². The Morgan fingerprint density at radius 3 is 2.45 bits per heavy atom. The van der Waals surface area contributed by atoms with Crippen LogP contribution in [-0.4, -0.2) is 28.5 Å². The fourth-order valence-corrected chi connectivity index (χ4v) is 1.12. The average molecular weight is 153 g/mol. The van der Waals surface area contributed by atoms with Crippen molar-refractivity contribution < 1.29 is 0 Å². The summed E-state index contributed by atoms with van der Waals surface area (Å²) in [6.07, 6.45) is 2.06. The Morgan fingerprint density at radius 1 is 1.45 bits per heavy atom. The molecule has 0 atom stereocenters. The molecule has 0 saturated carbocycles. The normalized spacial score (nSPS) is 11.0. The highest BCUT2D eigenvalue weighted by atomic mass is 15.2. The van der Waals surface area contributed by atoms with Gasteiger partial charge in [0.15, 0.2) is 0 Å². The lowest BCUT2D eigenvalue weighted by Crippen LogP contribution is -2.16. The Morgan fingerprint density at radius 2 is 2.09 bits per heavy atom. The molecular formula is C8H15N3. The standard InChI is InChI=1S/C8H15N3/c1-7-5-11(6-10(3)4)8(2)9-7/h5H,6H2,1-4H3. The van der Waals surface area contributed by atoms with E-state index in [-0.39, 0.29) is 0 Å². The zero-order valence-electron chi connectivity index (χ0n) is 7.63. The minimum atomic E-state index is 0.909. The minimum absolute atomic E-state index is 0.909. The molecule has 3 heteroatoms. The first-order valence-corrected chi connectivity index (χ1v) is 3.74. The van der Waals surface area contributed by atoms with Crippen LogP contribution in [0, 0.1) is 13.8 Å². The summed E-state index contributed by atoms with van der Waals surface area (Å²) in [4.78, 5) is 6.42. The van der Waals surface area contributed by atoms with E-state index in [9.17, 15) is 0 Å². The maximum Gasteiger partial charge on any atom is 0.106 e. The molecule has 0 saturated heterocycles. The highest BCUT2D eigenvalue weighted by Crippen LogP contribution is 2.00. The first kappa shape index (κ1) is 8.27. The Labute approximate surface area is 67.7 Å². The molecule has 3 nitrogen and oxygen atoms in total. The third-order valence-electron chi connectivity index (χ3n) is 1.53. The lowest BCUT2D eigenvalue weighted by molar-refractivity contribution is 0.322. The first-order valence-electron chi connectivity index (χ1n) is 3.74. The summed E-state index contributed by atoms with van der Waals surface area (Å²) >= 11 is 0. The van der Waals surface area contributed by atoms with Crippen molar-refractivity contribution in [3.8, 4) is 0 Å². The minimum Gasteiger partial charge on any atom is -0.321 e. The van der Waals surface area contributed by atoms with Crippen molar-refractivity contribution in [1.82, 2.24) is 14.5 Å². The zero-order chi connectivity index (χ0) is 8.43. The van der Waals surface area contributed by atoms with Gasteiger partial charge in [-0.3, -0.25) is 4.90 Å². The number of nitrogens with zero attached hydrogens (tertiary/aromatic N) is 3. The second-order valence-corrected chi connectivity index (χ2v) is 3.12. The SMILES string of the molecule is Cc1cn(CN(C)C)c(C)n1. The van der Waals surface area contributed by atoms with Gasteiger partial charge < -0.3 is 4.57 Å². The Kier molecular flexibility index (Phi) is 2.29. The van der Waals surface area contributed by atoms with Crippen LogP contribution in [0.25, 0.3) is 0 Å². The second kappa shape index (κ2) is 3.05. The molecule has 0 aliphatic rings. The summed E-state index contributed by atoms with van der Waals surface area (Å²) in [6.45, 7) is 4.95. The maximum atomic E-state index is 4.30. The van der Waals surface area contributed by atoms with Crippen LogP contribution in [0.4, 0.5) is 0 Å². The Balaban J connectivity index is 2.77. The number of aromatic nitrogens is 2. The molecular weight excluding hydrogens is 138 g/mol. The number of hydrogen-bond donors (Lipinski definition) is 0. The molecule has 0 N–H and O–H groups in total. The molecule has 0 aromatic carbocycles. The molecule has 0 spiro atoms. The smallest absolute Gasteiger partial charge is 0.106 e. The van der Waals surface area contributed by atoms with Gasteiger partial charge in [0.1, 0.15) is 5.82 Å². The van der Waals surface area contributed by atoms with Gasteiger partial charge in [0.2, 0.25) is 0 Å². The summed E-state index contributed by atoms with van der Waals surface area (Å²) in [5.74, 6) is 1.08. The second-order valence-electron chi connectivity index (χ2n) is 3.12. The van der Waals surface area contributed by atoms with Crippen LogP contribution in [0.2, 0.25) is 0 Å². The van der Waals surface area contributed by atoms with Crippen LogP contribution in [0.5, 0.6) is 0 Å². The fraction of sp³-hybridized carbons (Fsp3) is 0.625. The zero-order valence-corrected chi connectivity index (χ0v) is 7.63. The van der Waals surface area contributed by atoms with E-state index in [1.54, 1.807) is 0 Å². The predicted octanol–water partition coefficient (Wildman–Crippen LogP) is 1.02. The monoisotopic (exact) mass is 153 g/mol. The van der Waals surface area contributed by atoms with E-state index in [0.29, 0.717) is 0 Å². The number of rotatable bonds is 2. The third kappa shape index (κ3) is 2.05. The van der Waals surface area contributed by atoms with Crippen molar-refractivity contribution in [3.05, 3.63) is 17.7 Å². The van der Waals surface area contributed by atoms with Crippen LogP contribution in [0.15, 0.2) is 6.20 Å². The van der Waals surface area contributed by atoms with E-state index in [4.69, 9.17) is 0 Å². The highest BCUT2D eigenvalue weighted by Gasteiger charge is 1.99. The van der Waals surface area contributed by atoms with Crippen molar-refractivity contribution in [3.63, 3.8) is 0 Å². The third-order valence-corrected chi connectivity index (χ3v) is 1.53. The molecule has 0 unspecified atom stereocenters. The Hall–Kier alpha value is -0.830. The van der Waals surface area contributed by atoms with Gasteiger partial charge in [0.05, 0.1) is 12.4 Å². The number of hydrogen-bond acceptors (Lipinski definition) is 2. The molecule has 1 rings (SSSR count). The quantitative estimate of drug-likeness (QED) is 0.632. The van der Waals surface area contributed by atoms with Crippen LogP contribution < -0.4 is 0 Å². The first-order chi connectivity index (χ1) is 5.09.